The fourth-order valence-electron chi connectivity index (χ4n) is 4.28. The number of pyridine rings is 1. The van der Waals surface area contributed by atoms with Crippen LogP contribution in [0.5, 0.6) is 5.75 Å². The summed E-state index contributed by atoms with van der Waals surface area (Å²) >= 11 is 5.92. The van der Waals surface area contributed by atoms with Gasteiger partial charge in [0.15, 0.2) is 5.82 Å². The lowest BCUT2D eigenvalue weighted by Crippen LogP contribution is -2.32. The molecule has 0 radical (unpaired) electrons. The lowest BCUT2D eigenvalue weighted by Gasteiger charge is -2.23. The van der Waals surface area contributed by atoms with Gasteiger partial charge in [0.25, 0.3) is 0 Å². The Morgan fingerprint density at radius 1 is 1.12 bits per heavy atom. The van der Waals surface area contributed by atoms with E-state index in [0.29, 0.717) is 23.2 Å². The van der Waals surface area contributed by atoms with Crippen molar-refractivity contribution in [2.24, 2.45) is 0 Å². The minimum absolute atomic E-state index is 0.127. The van der Waals surface area contributed by atoms with Gasteiger partial charge < -0.3 is 4.74 Å². The maximum atomic E-state index is 14.6. The summed E-state index contributed by atoms with van der Waals surface area (Å²) < 4.78 is 20.6. The van der Waals surface area contributed by atoms with Crippen molar-refractivity contribution in [2.75, 3.05) is 19.7 Å². The summed E-state index contributed by atoms with van der Waals surface area (Å²) in [5.41, 5.74) is 3.48. The first-order valence-electron chi connectivity index (χ1n) is 11.4. The summed E-state index contributed by atoms with van der Waals surface area (Å²) in [6.07, 6.45) is 5.40. The number of hydrogen-bond donors (Lipinski definition) is 0. The Morgan fingerprint density at radius 3 is 2.67 bits per heavy atom. The zero-order valence-corrected chi connectivity index (χ0v) is 19.8. The molecule has 5 heteroatoms. The van der Waals surface area contributed by atoms with E-state index in [1.165, 1.54) is 31.9 Å². The molecule has 1 aliphatic heterocycles. The van der Waals surface area contributed by atoms with Gasteiger partial charge in [-0.15, -0.1) is 0 Å². The van der Waals surface area contributed by atoms with Crippen molar-refractivity contribution in [2.45, 2.75) is 39.2 Å². The topological polar surface area (TPSA) is 25.4 Å². The second-order valence-electron chi connectivity index (χ2n) is 8.38. The molecule has 1 saturated heterocycles. The molecule has 0 spiro atoms. The van der Waals surface area contributed by atoms with Gasteiger partial charge in [-0.3, -0.25) is 4.90 Å². The Balaban J connectivity index is 1.39. The van der Waals surface area contributed by atoms with Gasteiger partial charge in [-0.2, -0.15) is 0 Å². The molecule has 1 aromatic heterocycles. The highest BCUT2D eigenvalue weighted by molar-refractivity contribution is 6.30. The van der Waals surface area contributed by atoms with Crippen molar-refractivity contribution in [1.29, 1.82) is 0 Å². The maximum Gasteiger partial charge on any atom is 0.158 e. The molecule has 1 atom stereocenters. The van der Waals surface area contributed by atoms with E-state index in [4.69, 9.17) is 16.3 Å². The molecule has 1 aliphatic rings. The third kappa shape index (κ3) is 5.93. The first-order chi connectivity index (χ1) is 16.0. The quantitative estimate of drug-likeness (QED) is 0.391. The van der Waals surface area contributed by atoms with Crippen LogP contribution in [0.25, 0.3) is 11.1 Å². The van der Waals surface area contributed by atoms with E-state index in [0.717, 1.165) is 29.0 Å². The molecule has 170 valence electrons. The molecule has 3 nitrogen and oxygen atoms in total. The molecule has 4 rings (SSSR count). The summed E-state index contributed by atoms with van der Waals surface area (Å²) in [5, 5.41) is 0.637. The van der Waals surface area contributed by atoms with Crippen LogP contribution in [0, 0.1) is 24.6 Å². The van der Waals surface area contributed by atoms with Gasteiger partial charge >= 0.3 is 0 Å². The number of halogens is 2. The van der Waals surface area contributed by atoms with Crippen LogP contribution in [0.4, 0.5) is 4.39 Å². The van der Waals surface area contributed by atoms with E-state index >= 15 is 0 Å². The number of aromatic nitrogens is 1. The highest BCUT2D eigenvalue weighted by Crippen LogP contribution is 2.23. The molecule has 3 aromatic rings. The second-order valence-corrected chi connectivity index (χ2v) is 8.82. The second kappa shape index (κ2) is 10.8. The van der Waals surface area contributed by atoms with Crippen LogP contribution < -0.4 is 4.74 Å². The van der Waals surface area contributed by atoms with Crippen molar-refractivity contribution in [1.82, 2.24) is 9.88 Å². The predicted molar refractivity (Wildman–Crippen MR) is 132 cm³/mol. The molecule has 0 unspecified atom stereocenters. The van der Waals surface area contributed by atoms with Crippen molar-refractivity contribution < 1.29 is 9.13 Å². The van der Waals surface area contributed by atoms with E-state index in [1.807, 2.05) is 37.3 Å². The van der Waals surface area contributed by atoms with Crippen LogP contribution in [-0.4, -0.2) is 35.6 Å². The molecule has 0 aliphatic carbocycles. The Morgan fingerprint density at radius 2 is 1.94 bits per heavy atom. The third-order valence-electron chi connectivity index (χ3n) is 6.13. The number of nitrogens with zero attached hydrogens (tertiary/aromatic N) is 2. The van der Waals surface area contributed by atoms with E-state index in [9.17, 15) is 4.39 Å². The predicted octanol–water partition coefficient (Wildman–Crippen LogP) is 6.50. The summed E-state index contributed by atoms with van der Waals surface area (Å²) in [6, 6.07) is 15.2. The average Bonchev–Trinajstić information content (AvgIpc) is 3.27. The van der Waals surface area contributed by atoms with Crippen LogP contribution in [0.15, 0.2) is 54.7 Å². The Labute approximate surface area is 200 Å². The molecule has 1 fully saturated rings. The number of ether oxygens (including phenoxy) is 1. The number of aryl methyl sites for hydroxylation is 1. The lowest BCUT2D eigenvalue weighted by atomic mass is 10.1. The van der Waals surface area contributed by atoms with E-state index in [1.54, 1.807) is 18.3 Å². The van der Waals surface area contributed by atoms with Crippen LogP contribution in [0.2, 0.25) is 5.02 Å². The molecular weight excluding hydrogens is 435 g/mol. The van der Waals surface area contributed by atoms with Gasteiger partial charge in [-0.1, -0.05) is 36.6 Å². The largest absolute Gasteiger partial charge is 0.492 e. The molecule has 0 N–H and O–H groups in total. The molecule has 2 heterocycles. The SMILES string of the molecule is CC[C@@H]1CCCN1CCOc1ccc(C#Cc2ncc(-c3ccc(Cl)cc3)cc2F)cc1C. The summed E-state index contributed by atoms with van der Waals surface area (Å²) in [7, 11) is 0. The van der Waals surface area contributed by atoms with Crippen LogP contribution in [0.1, 0.15) is 43.0 Å². The lowest BCUT2D eigenvalue weighted by molar-refractivity contribution is 0.193. The summed E-state index contributed by atoms with van der Waals surface area (Å²) in [5.74, 6) is 6.29. The van der Waals surface area contributed by atoms with Crippen molar-refractivity contribution in [3.8, 4) is 28.7 Å². The van der Waals surface area contributed by atoms with E-state index in [2.05, 4.69) is 28.6 Å². The van der Waals surface area contributed by atoms with Crippen LogP contribution >= 0.6 is 11.6 Å². The number of likely N-dealkylation sites (tertiary alicyclic amines) is 1. The van der Waals surface area contributed by atoms with Gasteiger partial charge in [0.1, 0.15) is 18.1 Å². The fourth-order valence-corrected chi connectivity index (χ4v) is 4.40. The summed E-state index contributed by atoms with van der Waals surface area (Å²) in [4.78, 5) is 6.74. The zero-order valence-electron chi connectivity index (χ0n) is 19.1. The van der Waals surface area contributed by atoms with Gasteiger partial charge in [0.2, 0.25) is 0 Å². The number of hydrogen-bond acceptors (Lipinski definition) is 3. The Bertz CT molecular complexity index is 1170. The molecule has 33 heavy (non-hydrogen) atoms. The Hall–Kier alpha value is -2.87. The van der Waals surface area contributed by atoms with Gasteiger partial charge in [0, 0.05) is 34.9 Å². The van der Waals surface area contributed by atoms with Gasteiger partial charge in [0.05, 0.1) is 0 Å². The minimum atomic E-state index is -0.445. The molecular formula is C28H28ClFN2O. The normalized spacial score (nSPS) is 15.8. The highest BCUT2D eigenvalue weighted by Gasteiger charge is 2.22. The highest BCUT2D eigenvalue weighted by atomic mass is 35.5. The van der Waals surface area contributed by atoms with Crippen molar-refractivity contribution in [3.63, 3.8) is 0 Å². The smallest absolute Gasteiger partial charge is 0.158 e. The van der Waals surface area contributed by atoms with Crippen LogP contribution in [-0.2, 0) is 0 Å². The van der Waals surface area contributed by atoms with Gasteiger partial charge in [-0.05, 0) is 86.2 Å². The molecule has 0 bridgehead atoms. The number of benzene rings is 2. The molecule has 2 aromatic carbocycles. The van der Waals surface area contributed by atoms with Crippen molar-refractivity contribution >= 4 is 11.6 Å². The van der Waals surface area contributed by atoms with Crippen LogP contribution in [0.3, 0.4) is 0 Å². The van der Waals surface area contributed by atoms with E-state index < -0.39 is 5.82 Å². The standard InChI is InChI=1S/C28H28ClFN2O/c1-3-25-5-4-14-32(25)15-16-33-28-13-7-21(17-20(28)2)6-12-27-26(30)18-23(19-31-27)22-8-10-24(29)11-9-22/h7-11,13,17-19,25H,3-5,14-16H2,1-2H3/t25-/m1/s1. The minimum Gasteiger partial charge on any atom is -0.492 e. The summed E-state index contributed by atoms with van der Waals surface area (Å²) in [6.45, 7) is 7.06. The van der Waals surface area contributed by atoms with Crippen molar-refractivity contribution in [3.05, 3.63) is 82.4 Å². The monoisotopic (exact) mass is 462 g/mol. The fraction of sp³-hybridized carbons (Fsp3) is 0.321. The van der Waals surface area contributed by atoms with E-state index in [-0.39, 0.29) is 5.69 Å². The maximum absolute atomic E-state index is 14.6. The van der Waals surface area contributed by atoms with Gasteiger partial charge in [-0.25, -0.2) is 9.37 Å². The molecule has 0 saturated carbocycles. The molecule has 0 amide bonds. The zero-order chi connectivity index (χ0) is 23.2. The average molecular weight is 463 g/mol. The first kappa shape index (κ1) is 23.3. The number of rotatable bonds is 6. The first-order valence-corrected chi connectivity index (χ1v) is 11.8. The Kier molecular flexibility index (Phi) is 7.65. The third-order valence-corrected chi connectivity index (χ3v) is 6.38.